The lowest BCUT2D eigenvalue weighted by Crippen LogP contribution is -2.01. The maximum absolute atomic E-state index is 4.29. The van der Waals surface area contributed by atoms with E-state index in [1.165, 1.54) is 16.7 Å². The van der Waals surface area contributed by atoms with Gasteiger partial charge in [0.15, 0.2) is 0 Å². The molecule has 1 heterocycles. The van der Waals surface area contributed by atoms with Gasteiger partial charge in [0.25, 0.3) is 0 Å². The minimum atomic E-state index is 0.822. The van der Waals surface area contributed by atoms with Gasteiger partial charge in [-0.2, -0.15) is 0 Å². The molecule has 0 spiro atoms. The second-order valence-corrected chi connectivity index (χ2v) is 4.51. The summed E-state index contributed by atoms with van der Waals surface area (Å²) in [5.41, 5.74) is 6.00. The van der Waals surface area contributed by atoms with Crippen molar-refractivity contribution in [2.75, 3.05) is 11.9 Å². The minimum absolute atomic E-state index is 0.822. The topological polar surface area (TPSA) is 37.8 Å². The van der Waals surface area contributed by atoms with Gasteiger partial charge in [0.05, 0.1) is 5.69 Å². The van der Waals surface area contributed by atoms with Crippen LogP contribution in [0.25, 0.3) is 11.3 Å². The fourth-order valence-corrected chi connectivity index (χ4v) is 1.98. The summed E-state index contributed by atoms with van der Waals surface area (Å²) >= 11 is 0. The molecule has 0 bridgehead atoms. The lowest BCUT2D eigenvalue weighted by Gasteiger charge is -2.10. The van der Waals surface area contributed by atoms with Crippen molar-refractivity contribution in [1.29, 1.82) is 0 Å². The third-order valence-electron chi connectivity index (χ3n) is 3.36. The lowest BCUT2D eigenvalue weighted by molar-refractivity contribution is 1.01. The molecule has 1 N–H and O–H groups in total. The summed E-state index contributed by atoms with van der Waals surface area (Å²) in [4.78, 5) is 0. The number of hydrogen-bond donors (Lipinski definition) is 1. The van der Waals surface area contributed by atoms with Crippen molar-refractivity contribution in [2.45, 2.75) is 27.7 Å². The Morgan fingerprint density at radius 2 is 1.72 bits per heavy atom. The van der Waals surface area contributed by atoms with Crippen LogP contribution in [0.1, 0.15) is 23.6 Å². The Labute approximate surface area is 108 Å². The van der Waals surface area contributed by atoms with Gasteiger partial charge >= 0.3 is 0 Å². The number of benzene rings is 1. The third kappa shape index (κ3) is 2.35. The maximum Gasteiger partial charge on any atom is 0.148 e. The summed E-state index contributed by atoms with van der Waals surface area (Å²) in [5.74, 6) is 0.822. The van der Waals surface area contributed by atoms with Crippen molar-refractivity contribution >= 4 is 5.82 Å². The molecule has 0 saturated heterocycles. The Kier molecular flexibility index (Phi) is 3.60. The van der Waals surface area contributed by atoms with E-state index in [-0.39, 0.29) is 0 Å². The van der Waals surface area contributed by atoms with Gasteiger partial charge in [0.2, 0.25) is 0 Å². The van der Waals surface area contributed by atoms with E-state index in [1.54, 1.807) is 0 Å². The molecule has 0 aliphatic heterocycles. The molecule has 0 radical (unpaired) electrons. The predicted octanol–water partition coefficient (Wildman–Crippen LogP) is 3.50. The molecule has 0 saturated carbocycles. The van der Waals surface area contributed by atoms with Crippen molar-refractivity contribution in [1.82, 2.24) is 10.2 Å². The maximum atomic E-state index is 4.29. The largest absolute Gasteiger partial charge is 0.369 e. The molecule has 0 atom stereocenters. The Balaban J connectivity index is 2.40. The molecule has 1 aromatic carbocycles. The monoisotopic (exact) mass is 241 g/mol. The SMILES string of the molecule is CCNc1ccc(-c2ccc(C)c(C)c2C)nn1. The number of hydrogen-bond acceptors (Lipinski definition) is 3. The average molecular weight is 241 g/mol. The summed E-state index contributed by atoms with van der Waals surface area (Å²) in [6, 6.07) is 8.24. The summed E-state index contributed by atoms with van der Waals surface area (Å²) in [6.45, 7) is 9.32. The van der Waals surface area contributed by atoms with Gasteiger partial charge in [-0.15, -0.1) is 10.2 Å². The number of aromatic nitrogens is 2. The molecule has 0 fully saturated rings. The molecule has 3 nitrogen and oxygen atoms in total. The molecule has 1 aromatic heterocycles. The zero-order chi connectivity index (χ0) is 13.1. The van der Waals surface area contributed by atoms with Crippen LogP contribution in [-0.4, -0.2) is 16.7 Å². The normalized spacial score (nSPS) is 10.4. The van der Waals surface area contributed by atoms with E-state index in [9.17, 15) is 0 Å². The van der Waals surface area contributed by atoms with Crippen LogP contribution in [0, 0.1) is 20.8 Å². The first kappa shape index (κ1) is 12.6. The fraction of sp³-hybridized carbons (Fsp3) is 0.333. The highest BCUT2D eigenvalue weighted by Gasteiger charge is 2.07. The van der Waals surface area contributed by atoms with E-state index < -0.39 is 0 Å². The number of nitrogens with zero attached hydrogens (tertiary/aromatic N) is 2. The minimum Gasteiger partial charge on any atom is -0.369 e. The van der Waals surface area contributed by atoms with E-state index in [2.05, 4.69) is 48.4 Å². The Morgan fingerprint density at radius 3 is 2.33 bits per heavy atom. The summed E-state index contributed by atoms with van der Waals surface area (Å²) in [7, 11) is 0. The highest BCUT2D eigenvalue weighted by atomic mass is 15.2. The van der Waals surface area contributed by atoms with Crippen molar-refractivity contribution in [3.8, 4) is 11.3 Å². The second kappa shape index (κ2) is 5.17. The van der Waals surface area contributed by atoms with Crippen molar-refractivity contribution < 1.29 is 0 Å². The molecule has 0 aliphatic rings. The van der Waals surface area contributed by atoms with E-state index >= 15 is 0 Å². The molecular formula is C15H19N3. The molecule has 18 heavy (non-hydrogen) atoms. The highest BCUT2D eigenvalue weighted by Crippen LogP contribution is 2.25. The molecule has 3 heteroatoms. The van der Waals surface area contributed by atoms with Crippen molar-refractivity contribution in [2.24, 2.45) is 0 Å². The van der Waals surface area contributed by atoms with Crippen LogP contribution in [0.5, 0.6) is 0 Å². The van der Waals surface area contributed by atoms with E-state index in [0.717, 1.165) is 23.6 Å². The number of aryl methyl sites for hydroxylation is 1. The van der Waals surface area contributed by atoms with Crippen LogP contribution in [-0.2, 0) is 0 Å². The van der Waals surface area contributed by atoms with Crippen LogP contribution >= 0.6 is 0 Å². The second-order valence-electron chi connectivity index (χ2n) is 4.51. The standard InChI is InChI=1S/C15H19N3/c1-5-16-15-9-8-14(17-18-15)13-7-6-10(2)11(3)12(13)4/h6-9H,5H2,1-4H3,(H,16,18). The van der Waals surface area contributed by atoms with Gasteiger partial charge in [-0.25, -0.2) is 0 Å². The van der Waals surface area contributed by atoms with Gasteiger partial charge in [0.1, 0.15) is 5.82 Å². The van der Waals surface area contributed by atoms with Crippen LogP contribution in [0.2, 0.25) is 0 Å². The van der Waals surface area contributed by atoms with Gasteiger partial charge in [-0.3, -0.25) is 0 Å². The quantitative estimate of drug-likeness (QED) is 0.893. The molecule has 94 valence electrons. The first-order valence-corrected chi connectivity index (χ1v) is 6.28. The zero-order valence-electron chi connectivity index (χ0n) is 11.4. The summed E-state index contributed by atoms with van der Waals surface area (Å²) in [5, 5.41) is 11.6. The summed E-state index contributed by atoms with van der Waals surface area (Å²) in [6.07, 6.45) is 0. The van der Waals surface area contributed by atoms with Gasteiger partial charge in [-0.05, 0) is 56.5 Å². The predicted molar refractivity (Wildman–Crippen MR) is 75.8 cm³/mol. The Bertz CT molecular complexity index is 544. The van der Waals surface area contributed by atoms with E-state index in [0.29, 0.717) is 0 Å². The molecule has 0 aliphatic carbocycles. The molecule has 2 rings (SSSR count). The smallest absolute Gasteiger partial charge is 0.148 e. The first-order valence-electron chi connectivity index (χ1n) is 6.28. The average Bonchev–Trinajstić information content (AvgIpc) is 2.38. The van der Waals surface area contributed by atoms with Crippen LogP contribution < -0.4 is 5.32 Å². The number of nitrogens with one attached hydrogen (secondary N) is 1. The molecule has 0 amide bonds. The Morgan fingerprint density at radius 1 is 0.944 bits per heavy atom. The van der Waals surface area contributed by atoms with Crippen LogP contribution in [0.4, 0.5) is 5.82 Å². The number of anilines is 1. The third-order valence-corrected chi connectivity index (χ3v) is 3.36. The van der Waals surface area contributed by atoms with Crippen LogP contribution in [0.3, 0.4) is 0 Å². The zero-order valence-corrected chi connectivity index (χ0v) is 11.4. The van der Waals surface area contributed by atoms with E-state index in [4.69, 9.17) is 0 Å². The van der Waals surface area contributed by atoms with Gasteiger partial charge < -0.3 is 5.32 Å². The first-order chi connectivity index (χ1) is 8.63. The Hall–Kier alpha value is -1.90. The molecular weight excluding hydrogens is 222 g/mol. The fourth-order valence-electron chi connectivity index (χ4n) is 1.98. The van der Waals surface area contributed by atoms with Gasteiger partial charge in [-0.1, -0.05) is 12.1 Å². The van der Waals surface area contributed by atoms with E-state index in [1.807, 2.05) is 19.1 Å². The summed E-state index contributed by atoms with van der Waals surface area (Å²) < 4.78 is 0. The number of rotatable bonds is 3. The van der Waals surface area contributed by atoms with Crippen LogP contribution in [0.15, 0.2) is 24.3 Å². The lowest BCUT2D eigenvalue weighted by atomic mass is 9.97. The van der Waals surface area contributed by atoms with Crippen molar-refractivity contribution in [3.63, 3.8) is 0 Å². The molecule has 2 aromatic rings. The highest BCUT2D eigenvalue weighted by molar-refractivity contribution is 5.66. The molecule has 0 unspecified atom stereocenters. The van der Waals surface area contributed by atoms with Crippen molar-refractivity contribution in [3.05, 3.63) is 41.0 Å². The van der Waals surface area contributed by atoms with Gasteiger partial charge in [0, 0.05) is 12.1 Å².